The summed E-state index contributed by atoms with van der Waals surface area (Å²) in [5.41, 5.74) is 4.45. The summed E-state index contributed by atoms with van der Waals surface area (Å²) in [5, 5.41) is 14.5. The van der Waals surface area contributed by atoms with Gasteiger partial charge in [0.05, 0.1) is 13.2 Å². The normalized spacial score (nSPS) is 28.7. The summed E-state index contributed by atoms with van der Waals surface area (Å²) >= 11 is 0. The maximum absolute atomic E-state index is 11.3. The topological polar surface area (TPSA) is 104 Å². The van der Waals surface area contributed by atoms with Crippen LogP contribution in [-0.2, 0) is 4.79 Å². The molecule has 0 spiro atoms. The Balaban J connectivity index is 2.41. The molecule has 0 aliphatic heterocycles. The fourth-order valence-corrected chi connectivity index (χ4v) is 2.15. The van der Waals surface area contributed by atoms with E-state index in [0.29, 0.717) is 5.92 Å². The number of imide groups is 1. The van der Waals surface area contributed by atoms with Gasteiger partial charge in [-0.05, 0) is 31.6 Å². The van der Waals surface area contributed by atoms with Crippen LogP contribution in [0.25, 0.3) is 0 Å². The van der Waals surface area contributed by atoms with Crippen LogP contribution in [0.5, 0.6) is 0 Å². The first-order chi connectivity index (χ1) is 7.97. The molecule has 1 aliphatic carbocycles. The molecule has 1 aliphatic rings. The van der Waals surface area contributed by atoms with Crippen LogP contribution in [0, 0.1) is 5.92 Å². The molecule has 0 aromatic heterocycles. The number of rotatable bonds is 4. The maximum atomic E-state index is 11.3. The molecule has 0 heterocycles. The van der Waals surface area contributed by atoms with Gasteiger partial charge in [-0.15, -0.1) is 0 Å². The molecule has 5 N–H and O–H groups in total. The number of primary amides is 1. The summed E-state index contributed by atoms with van der Waals surface area (Å²) in [5.74, 6) is 0.194. The highest BCUT2D eigenvalue weighted by Crippen LogP contribution is 2.31. The number of aliphatic hydroxyl groups excluding tert-OH is 1. The molecule has 98 valence electrons. The zero-order chi connectivity index (χ0) is 12.9. The maximum Gasteiger partial charge on any atom is 0.318 e. The zero-order valence-electron chi connectivity index (χ0n) is 10.2. The van der Waals surface area contributed by atoms with E-state index in [0.717, 1.165) is 25.7 Å². The number of nitrogens with two attached hydrogens (primary N) is 1. The summed E-state index contributed by atoms with van der Waals surface area (Å²) in [6.45, 7) is 2.18. The molecule has 0 atom stereocenters. The van der Waals surface area contributed by atoms with E-state index in [2.05, 4.69) is 12.2 Å². The Labute approximate surface area is 101 Å². The lowest BCUT2D eigenvalue weighted by molar-refractivity contribution is -0.119. The third-order valence-electron chi connectivity index (χ3n) is 3.42. The van der Waals surface area contributed by atoms with Crippen molar-refractivity contribution in [2.75, 3.05) is 13.2 Å². The Morgan fingerprint density at radius 1 is 1.41 bits per heavy atom. The number of hydrogen-bond acceptors (Lipinski definition) is 4. The van der Waals surface area contributed by atoms with Gasteiger partial charge in [0.2, 0.25) is 5.91 Å². The van der Waals surface area contributed by atoms with Crippen molar-refractivity contribution < 1.29 is 14.7 Å². The molecule has 0 radical (unpaired) electrons. The van der Waals surface area contributed by atoms with Crippen molar-refractivity contribution in [2.24, 2.45) is 11.7 Å². The van der Waals surface area contributed by atoms with Gasteiger partial charge in [-0.1, -0.05) is 6.92 Å². The van der Waals surface area contributed by atoms with E-state index < -0.39 is 11.9 Å². The second-order valence-electron chi connectivity index (χ2n) is 4.89. The van der Waals surface area contributed by atoms with Crippen LogP contribution in [0.4, 0.5) is 4.79 Å². The molecule has 0 aromatic carbocycles. The molecular formula is C11H21N3O3. The first-order valence-electron chi connectivity index (χ1n) is 5.92. The first-order valence-corrected chi connectivity index (χ1v) is 5.92. The van der Waals surface area contributed by atoms with Gasteiger partial charge in [0, 0.05) is 5.54 Å². The highest BCUT2D eigenvalue weighted by molar-refractivity contribution is 5.94. The predicted molar refractivity (Wildman–Crippen MR) is 63.2 cm³/mol. The molecule has 1 rings (SSSR count). The van der Waals surface area contributed by atoms with E-state index in [-0.39, 0.29) is 18.7 Å². The van der Waals surface area contributed by atoms with Gasteiger partial charge in [0.25, 0.3) is 0 Å². The number of aliphatic hydroxyl groups is 1. The molecule has 17 heavy (non-hydrogen) atoms. The van der Waals surface area contributed by atoms with E-state index in [1.807, 2.05) is 5.32 Å². The molecule has 1 fully saturated rings. The van der Waals surface area contributed by atoms with Gasteiger partial charge in [-0.25, -0.2) is 4.79 Å². The summed E-state index contributed by atoms with van der Waals surface area (Å²) in [4.78, 5) is 21.7. The van der Waals surface area contributed by atoms with Crippen LogP contribution in [-0.4, -0.2) is 35.7 Å². The van der Waals surface area contributed by atoms with Crippen molar-refractivity contribution in [2.45, 2.75) is 38.1 Å². The minimum Gasteiger partial charge on any atom is -0.394 e. The Kier molecular flexibility index (Phi) is 4.89. The predicted octanol–water partition coefficient (Wildman–Crippen LogP) is -0.288. The third kappa shape index (κ3) is 4.32. The Morgan fingerprint density at radius 3 is 2.47 bits per heavy atom. The fraction of sp³-hybridized carbons (Fsp3) is 0.818. The molecule has 0 saturated heterocycles. The second-order valence-corrected chi connectivity index (χ2v) is 4.89. The van der Waals surface area contributed by atoms with Crippen LogP contribution in [0.1, 0.15) is 32.6 Å². The smallest absolute Gasteiger partial charge is 0.318 e. The van der Waals surface area contributed by atoms with Gasteiger partial charge < -0.3 is 16.2 Å². The van der Waals surface area contributed by atoms with Crippen molar-refractivity contribution in [3.8, 4) is 0 Å². The lowest BCUT2D eigenvalue weighted by Gasteiger charge is -2.38. The summed E-state index contributed by atoms with van der Waals surface area (Å²) < 4.78 is 0. The van der Waals surface area contributed by atoms with E-state index in [1.54, 1.807) is 0 Å². The molecular weight excluding hydrogens is 222 g/mol. The monoisotopic (exact) mass is 243 g/mol. The van der Waals surface area contributed by atoms with Crippen molar-refractivity contribution >= 4 is 11.9 Å². The van der Waals surface area contributed by atoms with Gasteiger partial charge >= 0.3 is 6.03 Å². The van der Waals surface area contributed by atoms with Crippen molar-refractivity contribution in [1.82, 2.24) is 10.6 Å². The standard InChI is InChI=1S/C11H21N3O3/c1-8-2-4-11(7-15,5-3-8)13-6-9(16)14-10(12)17/h8,13,15H,2-7H2,1H3,(H3,12,14,16,17). The zero-order valence-corrected chi connectivity index (χ0v) is 10.2. The number of carbonyl (C=O) groups excluding carboxylic acids is 2. The Hall–Kier alpha value is -1.14. The minimum absolute atomic E-state index is 0.00210. The molecule has 0 bridgehead atoms. The van der Waals surface area contributed by atoms with Crippen molar-refractivity contribution in [3.63, 3.8) is 0 Å². The van der Waals surface area contributed by atoms with Crippen LogP contribution in [0.15, 0.2) is 0 Å². The van der Waals surface area contributed by atoms with Gasteiger partial charge in [0.15, 0.2) is 0 Å². The Bertz CT molecular complexity index is 286. The summed E-state index contributed by atoms with van der Waals surface area (Å²) in [7, 11) is 0. The molecule has 0 aromatic rings. The van der Waals surface area contributed by atoms with Gasteiger partial charge in [-0.3, -0.25) is 10.1 Å². The van der Waals surface area contributed by atoms with Crippen LogP contribution < -0.4 is 16.4 Å². The lowest BCUT2D eigenvalue weighted by atomic mass is 9.77. The second kappa shape index (κ2) is 5.97. The van der Waals surface area contributed by atoms with Crippen LogP contribution in [0.3, 0.4) is 0 Å². The largest absolute Gasteiger partial charge is 0.394 e. The third-order valence-corrected chi connectivity index (χ3v) is 3.42. The molecule has 6 heteroatoms. The van der Waals surface area contributed by atoms with Gasteiger partial charge in [-0.2, -0.15) is 0 Å². The van der Waals surface area contributed by atoms with E-state index >= 15 is 0 Å². The van der Waals surface area contributed by atoms with Crippen LogP contribution >= 0.6 is 0 Å². The average Bonchev–Trinajstić information content (AvgIpc) is 2.28. The average molecular weight is 243 g/mol. The lowest BCUT2D eigenvalue weighted by Crippen LogP contribution is -2.54. The summed E-state index contributed by atoms with van der Waals surface area (Å²) in [6.07, 6.45) is 3.75. The van der Waals surface area contributed by atoms with Crippen molar-refractivity contribution in [3.05, 3.63) is 0 Å². The highest BCUT2D eigenvalue weighted by atomic mass is 16.3. The quantitative estimate of drug-likeness (QED) is 0.544. The molecule has 0 unspecified atom stereocenters. The van der Waals surface area contributed by atoms with E-state index in [4.69, 9.17) is 5.73 Å². The number of amides is 3. The van der Waals surface area contributed by atoms with Gasteiger partial charge in [0.1, 0.15) is 0 Å². The number of hydrogen-bond donors (Lipinski definition) is 4. The number of nitrogens with one attached hydrogen (secondary N) is 2. The van der Waals surface area contributed by atoms with E-state index in [1.165, 1.54) is 0 Å². The minimum atomic E-state index is -0.855. The van der Waals surface area contributed by atoms with E-state index in [9.17, 15) is 14.7 Å². The fourth-order valence-electron chi connectivity index (χ4n) is 2.15. The summed E-state index contributed by atoms with van der Waals surface area (Å²) in [6, 6.07) is -0.855. The number of urea groups is 1. The first kappa shape index (κ1) is 13.9. The molecule has 3 amide bonds. The van der Waals surface area contributed by atoms with Crippen LogP contribution in [0.2, 0.25) is 0 Å². The number of carbonyl (C=O) groups is 2. The Morgan fingerprint density at radius 2 is 2.00 bits per heavy atom. The van der Waals surface area contributed by atoms with Crippen molar-refractivity contribution in [1.29, 1.82) is 0 Å². The molecule has 6 nitrogen and oxygen atoms in total. The SMILES string of the molecule is CC1CCC(CO)(NCC(=O)NC(N)=O)CC1. The highest BCUT2D eigenvalue weighted by Gasteiger charge is 2.33. The molecule has 1 saturated carbocycles.